The van der Waals surface area contributed by atoms with E-state index in [1.165, 1.54) is 0 Å². The number of carbonyl (C=O) groups excluding carboxylic acids is 1. The van der Waals surface area contributed by atoms with E-state index in [1.807, 2.05) is 32.7 Å². The predicted molar refractivity (Wildman–Crippen MR) is 114 cm³/mol. The number of ether oxygens (including phenoxy) is 1. The summed E-state index contributed by atoms with van der Waals surface area (Å²) < 4.78 is 5.38. The molecule has 1 rings (SSSR count). The second-order valence-corrected chi connectivity index (χ2v) is 7.60. The molecule has 1 aliphatic heterocycles. The van der Waals surface area contributed by atoms with E-state index >= 15 is 0 Å². The highest BCUT2D eigenvalue weighted by Crippen LogP contribution is 2.03. The molecule has 1 unspecified atom stereocenters. The zero-order valence-electron chi connectivity index (χ0n) is 16.6. The third-order valence-corrected chi connectivity index (χ3v) is 3.75. The van der Waals surface area contributed by atoms with Crippen molar-refractivity contribution in [2.45, 2.75) is 33.2 Å². The Labute approximate surface area is 170 Å². The molecule has 1 amide bonds. The van der Waals surface area contributed by atoms with Gasteiger partial charge < -0.3 is 20.3 Å². The van der Waals surface area contributed by atoms with Crippen molar-refractivity contribution in [2.75, 3.05) is 60.0 Å². The third kappa shape index (κ3) is 10.9. The molecule has 8 heteroatoms. The first-order valence-electron chi connectivity index (χ1n) is 8.74. The molecule has 0 aromatic heterocycles. The number of hydrogen-bond donors (Lipinski definition) is 2. The van der Waals surface area contributed by atoms with Crippen molar-refractivity contribution in [1.29, 1.82) is 0 Å². The predicted octanol–water partition coefficient (Wildman–Crippen LogP) is 0.995. The van der Waals surface area contributed by atoms with Gasteiger partial charge in [0, 0.05) is 45.8 Å². The number of hydrogen-bond acceptors (Lipinski definition) is 4. The first-order chi connectivity index (χ1) is 11.2. The van der Waals surface area contributed by atoms with Crippen molar-refractivity contribution >= 4 is 35.8 Å². The van der Waals surface area contributed by atoms with Gasteiger partial charge >= 0.3 is 0 Å². The molecule has 0 radical (unpaired) electrons. The number of amides is 1. The minimum absolute atomic E-state index is 0. The van der Waals surface area contributed by atoms with Crippen LogP contribution >= 0.6 is 24.0 Å². The molecule has 0 aliphatic carbocycles. The number of guanidine groups is 1. The van der Waals surface area contributed by atoms with Crippen LogP contribution < -0.4 is 10.6 Å². The Balaban J connectivity index is 0.00000576. The normalized spacial score (nSPS) is 17.4. The minimum Gasteiger partial charge on any atom is -0.379 e. The van der Waals surface area contributed by atoms with E-state index in [1.54, 1.807) is 7.05 Å². The van der Waals surface area contributed by atoms with Gasteiger partial charge in [-0.05, 0) is 26.7 Å². The van der Waals surface area contributed by atoms with Gasteiger partial charge in [0.2, 0.25) is 5.91 Å². The fourth-order valence-corrected chi connectivity index (χ4v) is 2.69. The number of halogens is 1. The summed E-state index contributed by atoms with van der Waals surface area (Å²) in [6, 6.07) is 0. The molecule has 1 atom stereocenters. The number of nitrogens with zero attached hydrogens (tertiary/aromatic N) is 3. The third-order valence-electron chi connectivity index (χ3n) is 3.75. The van der Waals surface area contributed by atoms with E-state index in [0.29, 0.717) is 5.92 Å². The van der Waals surface area contributed by atoms with Crippen LogP contribution in [0.5, 0.6) is 0 Å². The molecular formula is C17H36IN5O2. The highest BCUT2D eigenvalue weighted by Gasteiger charge is 2.18. The summed E-state index contributed by atoms with van der Waals surface area (Å²) >= 11 is 0. The van der Waals surface area contributed by atoms with Crippen molar-refractivity contribution in [3.63, 3.8) is 0 Å². The van der Waals surface area contributed by atoms with E-state index in [9.17, 15) is 4.79 Å². The average Bonchev–Trinajstić information content (AvgIpc) is 2.46. The number of morpholine rings is 1. The molecule has 1 fully saturated rings. The highest BCUT2D eigenvalue weighted by atomic mass is 127. The van der Waals surface area contributed by atoms with Crippen LogP contribution in [0.4, 0.5) is 0 Å². The molecule has 0 aromatic rings. The summed E-state index contributed by atoms with van der Waals surface area (Å²) in [7, 11) is 3.62. The van der Waals surface area contributed by atoms with Crippen LogP contribution in [-0.2, 0) is 9.53 Å². The van der Waals surface area contributed by atoms with Gasteiger partial charge in [0.25, 0.3) is 0 Å². The van der Waals surface area contributed by atoms with E-state index < -0.39 is 0 Å². The van der Waals surface area contributed by atoms with E-state index in [0.717, 1.165) is 45.4 Å². The van der Waals surface area contributed by atoms with Crippen LogP contribution in [-0.4, -0.2) is 87.2 Å². The van der Waals surface area contributed by atoms with Gasteiger partial charge in [-0.2, -0.15) is 0 Å². The van der Waals surface area contributed by atoms with Gasteiger partial charge in [-0.1, -0.05) is 6.92 Å². The minimum atomic E-state index is -0.221. The molecular weight excluding hydrogens is 433 g/mol. The Kier molecular flexibility index (Phi) is 11.6. The van der Waals surface area contributed by atoms with Crippen molar-refractivity contribution in [2.24, 2.45) is 10.9 Å². The molecule has 1 aliphatic rings. The Hall–Kier alpha value is -0.610. The largest absolute Gasteiger partial charge is 0.379 e. The maximum Gasteiger partial charge on any atom is 0.240 e. The maximum absolute atomic E-state index is 12.0. The fraction of sp³-hybridized carbons (Fsp3) is 0.882. The summed E-state index contributed by atoms with van der Waals surface area (Å²) in [4.78, 5) is 20.6. The Morgan fingerprint density at radius 2 is 1.92 bits per heavy atom. The van der Waals surface area contributed by atoms with Gasteiger partial charge in [0.15, 0.2) is 5.96 Å². The van der Waals surface area contributed by atoms with Gasteiger partial charge in [0.1, 0.15) is 0 Å². The topological polar surface area (TPSA) is 69.2 Å². The maximum atomic E-state index is 12.0. The van der Waals surface area contributed by atoms with Crippen LogP contribution in [0, 0.1) is 5.92 Å². The van der Waals surface area contributed by atoms with Gasteiger partial charge in [-0.25, -0.2) is 0 Å². The standard InChI is InChI=1S/C17H35N5O2.HI/c1-14(12-22-7-9-24-10-8-22)11-19-16(18-5)21(6)13-15(23)20-17(2,3)4;/h14H,7-13H2,1-6H3,(H,18,19)(H,20,23);1H. The molecule has 0 spiro atoms. The van der Waals surface area contributed by atoms with E-state index in [2.05, 4.69) is 27.4 Å². The number of carbonyl (C=O) groups is 1. The fourth-order valence-electron chi connectivity index (χ4n) is 2.69. The van der Waals surface area contributed by atoms with Crippen molar-refractivity contribution < 1.29 is 9.53 Å². The summed E-state index contributed by atoms with van der Waals surface area (Å²) in [6.07, 6.45) is 0. The Morgan fingerprint density at radius 3 is 2.44 bits per heavy atom. The van der Waals surface area contributed by atoms with Gasteiger partial charge in [0.05, 0.1) is 19.8 Å². The quantitative estimate of drug-likeness (QED) is 0.345. The van der Waals surface area contributed by atoms with Crippen LogP contribution in [0.15, 0.2) is 4.99 Å². The molecule has 1 saturated heterocycles. The smallest absolute Gasteiger partial charge is 0.240 e. The summed E-state index contributed by atoms with van der Waals surface area (Å²) in [5.74, 6) is 1.24. The molecule has 0 bridgehead atoms. The lowest BCUT2D eigenvalue weighted by atomic mass is 10.1. The van der Waals surface area contributed by atoms with E-state index in [4.69, 9.17) is 4.74 Å². The molecule has 7 nitrogen and oxygen atoms in total. The second kappa shape index (κ2) is 11.9. The molecule has 25 heavy (non-hydrogen) atoms. The van der Waals surface area contributed by atoms with Crippen molar-refractivity contribution in [1.82, 2.24) is 20.4 Å². The zero-order chi connectivity index (χ0) is 18.2. The van der Waals surface area contributed by atoms with Crippen molar-refractivity contribution in [3.05, 3.63) is 0 Å². The summed E-state index contributed by atoms with van der Waals surface area (Å²) in [5.41, 5.74) is -0.221. The Bertz CT molecular complexity index is 420. The second-order valence-electron chi connectivity index (χ2n) is 7.60. The number of nitrogens with one attached hydrogen (secondary N) is 2. The van der Waals surface area contributed by atoms with Crippen LogP contribution in [0.1, 0.15) is 27.7 Å². The van der Waals surface area contributed by atoms with E-state index in [-0.39, 0.29) is 42.0 Å². The first-order valence-corrected chi connectivity index (χ1v) is 8.74. The number of aliphatic imine (C=N–C) groups is 1. The summed E-state index contributed by atoms with van der Waals surface area (Å²) in [5, 5.41) is 6.33. The van der Waals surface area contributed by atoms with Gasteiger partial charge in [-0.3, -0.25) is 14.7 Å². The average molecular weight is 469 g/mol. The SMILES string of the molecule is CN=C(NCC(C)CN1CCOCC1)N(C)CC(=O)NC(C)(C)C.I. The monoisotopic (exact) mass is 469 g/mol. The lowest BCUT2D eigenvalue weighted by Crippen LogP contribution is -2.49. The number of rotatable bonds is 6. The molecule has 2 N–H and O–H groups in total. The molecule has 0 saturated carbocycles. The zero-order valence-corrected chi connectivity index (χ0v) is 18.9. The molecule has 148 valence electrons. The molecule has 1 heterocycles. The van der Waals surface area contributed by atoms with Crippen molar-refractivity contribution in [3.8, 4) is 0 Å². The molecule has 0 aromatic carbocycles. The first kappa shape index (κ1) is 24.4. The Morgan fingerprint density at radius 1 is 1.32 bits per heavy atom. The lowest BCUT2D eigenvalue weighted by molar-refractivity contribution is -0.122. The van der Waals surface area contributed by atoms with Gasteiger partial charge in [-0.15, -0.1) is 24.0 Å². The van der Waals surface area contributed by atoms with Crippen LogP contribution in [0.3, 0.4) is 0 Å². The lowest BCUT2D eigenvalue weighted by Gasteiger charge is -2.30. The van der Waals surface area contributed by atoms with Crippen LogP contribution in [0.25, 0.3) is 0 Å². The summed E-state index contributed by atoms with van der Waals surface area (Å²) in [6.45, 7) is 14.0. The number of likely N-dealkylation sites (N-methyl/N-ethyl adjacent to an activating group) is 1. The highest BCUT2D eigenvalue weighted by molar-refractivity contribution is 14.0. The van der Waals surface area contributed by atoms with Crippen LogP contribution in [0.2, 0.25) is 0 Å².